The molecule has 2 N–H and O–H groups in total. The lowest BCUT2D eigenvalue weighted by Gasteiger charge is -2.27. The first-order chi connectivity index (χ1) is 15.9. The van der Waals surface area contributed by atoms with Crippen LogP contribution in [0.3, 0.4) is 0 Å². The average molecular weight is 478 g/mol. The molecule has 0 amide bonds. The van der Waals surface area contributed by atoms with Crippen LogP contribution in [0.2, 0.25) is 0 Å². The smallest absolute Gasteiger partial charge is 0.327 e. The maximum absolute atomic E-state index is 13.1. The summed E-state index contributed by atoms with van der Waals surface area (Å²) in [6, 6.07) is 7.68. The normalized spacial score (nSPS) is 14.2. The second-order valence-corrected chi connectivity index (χ2v) is 8.30. The van der Waals surface area contributed by atoms with E-state index in [2.05, 4.69) is 15.0 Å². The van der Waals surface area contributed by atoms with Gasteiger partial charge in [0.2, 0.25) is 0 Å². The van der Waals surface area contributed by atoms with E-state index < -0.39 is 26.3 Å². The van der Waals surface area contributed by atoms with Gasteiger partial charge in [0.15, 0.2) is 11.5 Å². The number of hydrogen-bond acceptors (Lipinski definition) is 10. The van der Waals surface area contributed by atoms with Gasteiger partial charge in [-0.2, -0.15) is 0 Å². The number of fused-ring (bicyclic) bond motifs is 1. The molecule has 178 valence electrons. The van der Waals surface area contributed by atoms with Crippen molar-refractivity contribution < 1.29 is 28.2 Å². The molecule has 2 unspecified atom stereocenters. The molecule has 0 aliphatic carbocycles. The number of nitrogens with two attached hydrogens (primary N) is 1. The Hall–Kier alpha value is -3.05. The molecular weight excluding hydrogens is 451 g/mol. The fraction of sp³-hybridized carbons (Fsp3) is 0.400. The Balaban J connectivity index is 1.71. The van der Waals surface area contributed by atoms with Crippen LogP contribution in [0.4, 0.5) is 5.82 Å². The van der Waals surface area contributed by atoms with Crippen LogP contribution in [0.5, 0.6) is 5.75 Å². The van der Waals surface area contributed by atoms with Crippen LogP contribution in [0.15, 0.2) is 43.0 Å². The lowest BCUT2D eigenvalue weighted by atomic mass is 10.3. The number of aromatic nitrogens is 4. The number of benzene rings is 1. The maximum Gasteiger partial charge on any atom is 0.327 e. The summed E-state index contributed by atoms with van der Waals surface area (Å²) < 4.78 is 30.6. The Labute approximate surface area is 191 Å². The van der Waals surface area contributed by atoms with Crippen LogP contribution in [-0.2, 0) is 29.9 Å². The van der Waals surface area contributed by atoms with E-state index in [9.17, 15) is 9.36 Å². The molecule has 3 atom stereocenters. The molecule has 3 aromatic rings. The first kappa shape index (κ1) is 24.6. The van der Waals surface area contributed by atoms with Gasteiger partial charge < -0.3 is 29.1 Å². The standard InChI is InChI=1S/C20H27N6O6P/c1-14(11-25-13-24-17-18(21)22-12-23-19(17)25)32-33(28)26(31-16-7-5-4-6-8-16)15(2)20(27)30-10-9-29-3/h4-8,12-15,33H,9-11H2,1-3H3,(H2,21,22,23)/t14-,15?/m1/s1. The van der Waals surface area contributed by atoms with Crippen LogP contribution < -0.4 is 10.6 Å². The molecule has 0 bridgehead atoms. The zero-order valence-corrected chi connectivity index (χ0v) is 19.6. The molecule has 0 spiro atoms. The number of hydroxylamine groups is 1. The summed E-state index contributed by atoms with van der Waals surface area (Å²) in [5.41, 5.74) is 6.82. The lowest BCUT2D eigenvalue weighted by Crippen LogP contribution is -2.38. The van der Waals surface area contributed by atoms with Gasteiger partial charge in [0.05, 0.1) is 25.6 Å². The third-order valence-corrected chi connectivity index (χ3v) is 5.98. The number of imidazole rings is 1. The molecule has 13 heteroatoms. The van der Waals surface area contributed by atoms with Crippen molar-refractivity contribution in [3.05, 3.63) is 43.0 Å². The van der Waals surface area contributed by atoms with Crippen LogP contribution >= 0.6 is 8.18 Å². The van der Waals surface area contributed by atoms with Crippen molar-refractivity contribution in [2.45, 2.75) is 32.5 Å². The van der Waals surface area contributed by atoms with Crippen molar-refractivity contribution in [1.82, 2.24) is 24.4 Å². The third-order valence-electron chi connectivity index (χ3n) is 4.54. The van der Waals surface area contributed by atoms with Crippen LogP contribution in [0.1, 0.15) is 13.8 Å². The van der Waals surface area contributed by atoms with E-state index in [1.807, 2.05) is 6.07 Å². The molecule has 0 radical (unpaired) electrons. The summed E-state index contributed by atoms with van der Waals surface area (Å²) in [5.74, 6) is 0.0472. The van der Waals surface area contributed by atoms with Gasteiger partial charge in [-0.15, -0.1) is 0 Å². The Kier molecular flexibility index (Phi) is 8.72. The summed E-state index contributed by atoms with van der Waals surface area (Å²) in [6.45, 7) is 3.86. The Morgan fingerprint density at radius 3 is 2.67 bits per heavy atom. The molecule has 0 aliphatic rings. The number of carbonyl (C=O) groups is 1. The Morgan fingerprint density at radius 2 is 1.94 bits per heavy atom. The van der Waals surface area contributed by atoms with E-state index in [1.54, 1.807) is 42.1 Å². The molecule has 33 heavy (non-hydrogen) atoms. The third kappa shape index (κ3) is 6.48. The fourth-order valence-electron chi connectivity index (χ4n) is 2.88. The van der Waals surface area contributed by atoms with Gasteiger partial charge in [0, 0.05) is 7.11 Å². The number of ether oxygens (including phenoxy) is 2. The van der Waals surface area contributed by atoms with Gasteiger partial charge >= 0.3 is 5.97 Å². The molecule has 12 nitrogen and oxygen atoms in total. The number of esters is 1. The lowest BCUT2D eigenvalue weighted by molar-refractivity contribution is -0.156. The van der Waals surface area contributed by atoms with Crippen LogP contribution in [-0.4, -0.2) is 62.8 Å². The topological polar surface area (TPSA) is 144 Å². The molecule has 2 heterocycles. The van der Waals surface area contributed by atoms with Crippen molar-refractivity contribution in [3.63, 3.8) is 0 Å². The Morgan fingerprint density at radius 1 is 1.18 bits per heavy atom. The SMILES string of the molecule is COCCOC(=O)C(C)N(Oc1ccccc1)[PH](=O)O[C@H](C)Cn1cnc2c(N)ncnc21. The quantitative estimate of drug-likeness (QED) is 0.177. The minimum atomic E-state index is -3.02. The van der Waals surface area contributed by atoms with E-state index in [4.69, 9.17) is 24.6 Å². The van der Waals surface area contributed by atoms with Crippen LogP contribution in [0, 0.1) is 0 Å². The first-order valence-corrected chi connectivity index (χ1v) is 11.5. The minimum Gasteiger partial charge on any atom is -0.462 e. The minimum absolute atomic E-state index is 0.0652. The zero-order chi connectivity index (χ0) is 23.8. The molecule has 0 fully saturated rings. The maximum atomic E-state index is 13.1. The van der Waals surface area contributed by atoms with Gasteiger partial charge in [0.25, 0.3) is 8.18 Å². The summed E-state index contributed by atoms with van der Waals surface area (Å²) in [6.07, 6.45) is 2.36. The highest BCUT2D eigenvalue weighted by Crippen LogP contribution is 2.34. The van der Waals surface area contributed by atoms with Crippen molar-refractivity contribution in [2.75, 3.05) is 26.1 Å². The summed E-state index contributed by atoms with van der Waals surface area (Å²) in [5, 5.41) is 0. The number of carbonyl (C=O) groups excluding carboxylic acids is 1. The largest absolute Gasteiger partial charge is 0.462 e. The van der Waals surface area contributed by atoms with Gasteiger partial charge in [-0.1, -0.05) is 23.0 Å². The van der Waals surface area contributed by atoms with E-state index in [0.717, 1.165) is 4.83 Å². The monoisotopic (exact) mass is 478 g/mol. The Bertz CT molecular complexity index is 1080. The average Bonchev–Trinajstić information content (AvgIpc) is 3.21. The van der Waals surface area contributed by atoms with E-state index in [1.165, 1.54) is 20.4 Å². The highest BCUT2D eigenvalue weighted by Gasteiger charge is 2.31. The molecule has 0 saturated heterocycles. The van der Waals surface area contributed by atoms with Crippen molar-refractivity contribution in [1.29, 1.82) is 0 Å². The van der Waals surface area contributed by atoms with Gasteiger partial charge in [-0.05, 0) is 26.0 Å². The highest BCUT2D eigenvalue weighted by atomic mass is 31.1. The highest BCUT2D eigenvalue weighted by molar-refractivity contribution is 7.36. The first-order valence-electron chi connectivity index (χ1n) is 10.2. The molecule has 0 saturated carbocycles. The molecule has 2 aromatic heterocycles. The molecule has 0 aliphatic heterocycles. The van der Waals surface area contributed by atoms with E-state index in [-0.39, 0.29) is 25.6 Å². The second-order valence-electron chi connectivity index (χ2n) is 7.09. The molecular formula is C20H27N6O6P. The number of nitrogen functional groups attached to an aromatic ring is 1. The predicted molar refractivity (Wildman–Crippen MR) is 120 cm³/mol. The number of para-hydroxylation sites is 1. The fourth-order valence-corrected chi connectivity index (χ4v) is 4.01. The molecule has 1 aromatic carbocycles. The number of rotatable bonds is 12. The number of nitrogens with zero attached hydrogens (tertiary/aromatic N) is 5. The molecule has 3 rings (SSSR count). The summed E-state index contributed by atoms with van der Waals surface area (Å²) in [4.78, 5) is 31.5. The van der Waals surface area contributed by atoms with Gasteiger partial charge in [-0.3, -0.25) is 9.36 Å². The van der Waals surface area contributed by atoms with Gasteiger partial charge in [-0.25, -0.2) is 15.0 Å². The number of hydrogen-bond donors (Lipinski definition) is 1. The number of anilines is 1. The van der Waals surface area contributed by atoms with E-state index >= 15 is 0 Å². The predicted octanol–water partition coefficient (Wildman–Crippen LogP) is 2.08. The van der Waals surface area contributed by atoms with Crippen LogP contribution in [0.25, 0.3) is 11.2 Å². The van der Waals surface area contributed by atoms with Crippen molar-refractivity contribution in [2.24, 2.45) is 0 Å². The van der Waals surface area contributed by atoms with E-state index in [0.29, 0.717) is 16.9 Å². The van der Waals surface area contributed by atoms with Gasteiger partial charge in [0.1, 0.15) is 30.2 Å². The van der Waals surface area contributed by atoms with Crippen molar-refractivity contribution >= 4 is 31.1 Å². The van der Waals surface area contributed by atoms with Crippen molar-refractivity contribution in [3.8, 4) is 5.75 Å². The summed E-state index contributed by atoms with van der Waals surface area (Å²) in [7, 11) is -1.52. The number of methoxy groups -OCH3 is 1. The summed E-state index contributed by atoms with van der Waals surface area (Å²) >= 11 is 0. The zero-order valence-electron chi connectivity index (χ0n) is 18.6. The second kappa shape index (κ2) is 11.7.